The zero-order valence-electron chi connectivity index (χ0n) is 10.4. The van der Waals surface area contributed by atoms with Crippen molar-refractivity contribution < 1.29 is 4.79 Å². The van der Waals surface area contributed by atoms with Gasteiger partial charge in [-0.2, -0.15) is 0 Å². The van der Waals surface area contributed by atoms with Crippen LogP contribution in [-0.2, 0) is 4.79 Å². The van der Waals surface area contributed by atoms with E-state index >= 15 is 0 Å². The number of carbonyl (C=O) groups is 1. The van der Waals surface area contributed by atoms with Crippen molar-refractivity contribution in [3.05, 3.63) is 68.1 Å². The minimum absolute atomic E-state index is 0.655. The first-order chi connectivity index (χ1) is 9.11. The molecule has 1 nitrogen and oxygen atoms in total. The molecule has 0 aliphatic carbocycles. The molecule has 0 N–H and O–H groups in total. The molecule has 19 heavy (non-hydrogen) atoms. The third-order valence-corrected chi connectivity index (χ3v) is 4.05. The van der Waals surface area contributed by atoms with Gasteiger partial charge in [0.15, 0.2) is 6.29 Å². The Labute approximate surface area is 129 Å². The van der Waals surface area contributed by atoms with Crippen LogP contribution in [0.5, 0.6) is 0 Å². The van der Waals surface area contributed by atoms with Crippen LogP contribution < -0.4 is 0 Å². The van der Waals surface area contributed by atoms with Gasteiger partial charge in [0, 0.05) is 20.1 Å². The zero-order valence-corrected chi connectivity index (χ0v) is 13.5. The maximum atomic E-state index is 11.4. The molecule has 2 rings (SSSR count). The van der Waals surface area contributed by atoms with E-state index in [2.05, 4.69) is 31.9 Å². The van der Waals surface area contributed by atoms with Gasteiger partial charge in [-0.15, -0.1) is 0 Å². The van der Waals surface area contributed by atoms with E-state index in [9.17, 15) is 4.79 Å². The molecule has 3 heteroatoms. The second-order valence-electron chi connectivity index (χ2n) is 4.20. The summed E-state index contributed by atoms with van der Waals surface area (Å²) in [4.78, 5) is 11.4. The summed E-state index contributed by atoms with van der Waals surface area (Å²) < 4.78 is 1.85. The highest BCUT2D eigenvalue weighted by Gasteiger charge is 2.07. The van der Waals surface area contributed by atoms with E-state index in [1.807, 2.05) is 55.5 Å². The molecule has 0 atom stereocenters. The standard InChI is InChI=1S/C16H12Br2O/c1-11-4-2-3-5-12(11)8-13(10-19)15-9-14(17)6-7-16(15)18/h2-10H,1H3. The Morgan fingerprint density at radius 2 is 1.84 bits per heavy atom. The SMILES string of the molecule is Cc1ccccc1C=C(C=O)c1cc(Br)ccc1Br. The van der Waals surface area contributed by atoms with Gasteiger partial charge < -0.3 is 0 Å². The minimum atomic E-state index is 0.655. The number of aldehydes is 1. The second kappa shape index (κ2) is 6.31. The maximum absolute atomic E-state index is 11.4. The Morgan fingerprint density at radius 1 is 1.11 bits per heavy atom. The van der Waals surface area contributed by atoms with Crippen LogP contribution in [0.2, 0.25) is 0 Å². The number of benzene rings is 2. The van der Waals surface area contributed by atoms with Gasteiger partial charge >= 0.3 is 0 Å². The van der Waals surface area contributed by atoms with Crippen LogP contribution in [0, 0.1) is 6.92 Å². The first-order valence-electron chi connectivity index (χ1n) is 5.80. The van der Waals surface area contributed by atoms with E-state index < -0.39 is 0 Å². The van der Waals surface area contributed by atoms with Gasteiger partial charge in [-0.05, 0) is 42.3 Å². The largest absolute Gasteiger partial charge is 0.298 e. The molecule has 2 aromatic carbocycles. The summed E-state index contributed by atoms with van der Waals surface area (Å²) in [6, 6.07) is 13.8. The molecule has 0 radical (unpaired) electrons. The van der Waals surface area contributed by atoms with Crippen LogP contribution in [0.3, 0.4) is 0 Å². The Bertz CT molecular complexity index is 645. The molecule has 0 amide bonds. The third-order valence-electron chi connectivity index (χ3n) is 2.87. The number of carbonyl (C=O) groups excluding carboxylic acids is 1. The zero-order chi connectivity index (χ0) is 13.8. The van der Waals surface area contributed by atoms with E-state index in [1.54, 1.807) is 0 Å². The third kappa shape index (κ3) is 3.43. The molecule has 0 aliphatic heterocycles. The minimum Gasteiger partial charge on any atom is -0.298 e. The van der Waals surface area contributed by atoms with Crippen molar-refractivity contribution in [3.63, 3.8) is 0 Å². The van der Waals surface area contributed by atoms with E-state index in [0.717, 1.165) is 31.9 Å². The molecule has 0 aromatic heterocycles. The molecule has 0 saturated carbocycles. The molecule has 2 aromatic rings. The Balaban J connectivity index is 2.54. The Morgan fingerprint density at radius 3 is 2.53 bits per heavy atom. The maximum Gasteiger partial charge on any atom is 0.150 e. The number of halogens is 2. The normalized spacial score (nSPS) is 11.4. The summed E-state index contributed by atoms with van der Waals surface area (Å²) in [5, 5.41) is 0. The van der Waals surface area contributed by atoms with Gasteiger partial charge in [-0.3, -0.25) is 4.79 Å². The summed E-state index contributed by atoms with van der Waals surface area (Å²) in [6.45, 7) is 2.03. The van der Waals surface area contributed by atoms with Gasteiger partial charge in [0.1, 0.15) is 0 Å². The van der Waals surface area contributed by atoms with Gasteiger partial charge in [0.05, 0.1) is 0 Å². The highest BCUT2D eigenvalue weighted by molar-refractivity contribution is 9.11. The van der Waals surface area contributed by atoms with Crippen molar-refractivity contribution in [2.45, 2.75) is 6.92 Å². The molecule has 0 bridgehead atoms. The quantitative estimate of drug-likeness (QED) is 0.404. The summed E-state index contributed by atoms with van der Waals surface area (Å²) in [5.74, 6) is 0. The number of allylic oxidation sites excluding steroid dienone is 1. The molecule has 0 fully saturated rings. The van der Waals surface area contributed by atoms with Crippen LogP contribution in [0.25, 0.3) is 11.6 Å². The van der Waals surface area contributed by atoms with E-state index in [0.29, 0.717) is 5.57 Å². The molecule has 0 spiro atoms. The number of rotatable bonds is 3. The summed E-state index contributed by atoms with van der Waals surface area (Å²) in [5.41, 5.74) is 3.74. The summed E-state index contributed by atoms with van der Waals surface area (Å²) in [7, 11) is 0. The molecular formula is C16H12Br2O. The summed E-state index contributed by atoms with van der Waals surface area (Å²) in [6.07, 6.45) is 2.80. The fraction of sp³-hybridized carbons (Fsp3) is 0.0625. The van der Waals surface area contributed by atoms with Crippen molar-refractivity contribution in [2.24, 2.45) is 0 Å². The monoisotopic (exact) mass is 378 g/mol. The fourth-order valence-electron chi connectivity index (χ4n) is 1.81. The van der Waals surface area contributed by atoms with E-state index in [1.165, 1.54) is 0 Å². The lowest BCUT2D eigenvalue weighted by Gasteiger charge is -2.06. The van der Waals surface area contributed by atoms with Crippen molar-refractivity contribution >= 4 is 49.8 Å². The average Bonchev–Trinajstić information content (AvgIpc) is 2.41. The molecule has 96 valence electrons. The van der Waals surface area contributed by atoms with Crippen LogP contribution in [0.15, 0.2) is 51.4 Å². The topological polar surface area (TPSA) is 17.1 Å². The first-order valence-corrected chi connectivity index (χ1v) is 7.38. The average molecular weight is 380 g/mol. The first kappa shape index (κ1) is 14.2. The fourth-order valence-corrected chi connectivity index (χ4v) is 2.65. The Kier molecular flexibility index (Phi) is 4.72. The molecule has 0 saturated heterocycles. The molecule has 0 heterocycles. The smallest absolute Gasteiger partial charge is 0.150 e. The molecular weight excluding hydrogens is 368 g/mol. The number of aryl methyl sites for hydroxylation is 1. The lowest BCUT2D eigenvalue weighted by Crippen LogP contribution is -1.89. The van der Waals surface area contributed by atoms with Gasteiger partial charge in [0.2, 0.25) is 0 Å². The van der Waals surface area contributed by atoms with Crippen molar-refractivity contribution in [2.75, 3.05) is 0 Å². The van der Waals surface area contributed by atoms with Crippen molar-refractivity contribution in [3.8, 4) is 0 Å². The number of hydrogen-bond acceptors (Lipinski definition) is 1. The van der Waals surface area contributed by atoms with Gasteiger partial charge in [-0.1, -0.05) is 56.1 Å². The molecule has 0 unspecified atom stereocenters. The molecule has 0 aliphatic rings. The van der Waals surface area contributed by atoms with Crippen molar-refractivity contribution in [1.29, 1.82) is 0 Å². The summed E-state index contributed by atoms with van der Waals surface area (Å²) >= 11 is 6.91. The van der Waals surface area contributed by atoms with Gasteiger partial charge in [0.25, 0.3) is 0 Å². The lowest BCUT2D eigenvalue weighted by atomic mass is 10.0. The van der Waals surface area contributed by atoms with Crippen LogP contribution >= 0.6 is 31.9 Å². The van der Waals surface area contributed by atoms with Crippen LogP contribution in [-0.4, -0.2) is 6.29 Å². The second-order valence-corrected chi connectivity index (χ2v) is 5.97. The van der Waals surface area contributed by atoms with Gasteiger partial charge in [-0.25, -0.2) is 0 Å². The van der Waals surface area contributed by atoms with Crippen molar-refractivity contribution in [1.82, 2.24) is 0 Å². The lowest BCUT2D eigenvalue weighted by molar-refractivity contribution is -0.103. The highest BCUT2D eigenvalue weighted by atomic mass is 79.9. The highest BCUT2D eigenvalue weighted by Crippen LogP contribution is 2.28. The predicted octanol–water partition coefficient (Wildman–Crippen LogP) is 5.26. The van der Waals surface area contributed by atoms with E-state index in [-0.39, 0.29) is 0 Å². The van der Waals surface area contributed by atoms with Crippen LogP contribution in [0.1, 0.15) is 16.7 Å². The van der Waals surface area contributed by atoms with Crippen LogP contribution in [0.4, 0.5) is 0 Å². The van der Waals surface area contributed by atoms with E-state index in [4.69, 9.17) is 0 Å². The number of hydrogen-bond donors (Lipinski definition) is 0. The predicted molar refractivity (Wildman–Crippen MR) is 87.0 cm³/mol. The Hall–Kier alpha value is -1.19.